The number of rotatable bonds is 62. The summed E-state index contributed by atoms with van der Waals surface area (Å²) in [7, 11) is 0. The second-order valence-electron chi connectivity index (χ2n) is 22.8. The maximum absolute atomic E-state index is 12.5. The predicted molar refractivity (Wildman–Crippen MR) is 329 cm³/mol. The fourth-order valence-corrected chi connectivity index (χ4v) is 10.2. The van der Waals surface area contributed by atoms with E-state index in [-0.39, 0.29) is 18.5 Å². The molecule has 0 aliphatic carbocycles. The van der Waals surface area contributed by atoms with Crippen LogP contribution in [-0.2, 0) is 14.3 Å². The summed E-state index contributed by atoms with van der Waals surface area (Å²) in [6.07, 6.45) is 83.1. The van der Waals surface area contributed by atoms with Crippen molar-refractivity contribution in [2.75, 3.05) is 13.2 Å². The topological polar surface area (TPSA) is 95.9 Å². The van der Waals surface area contributed by atoms with Crippen LogP contribution in [0.2, 0.25) is 0 Å². The van der Waals surface area contributed by atoms with Crippen LogP contribution >= 0.6 is 0 Å². The summed E-state index contributed by atoms with van der Waals surface area (Å²) < 4.78 is 5.47. The van der Waals surface area contributed by atoms with Crippen molar-refractivity contribution in [2.24, 2.45) is 0 Å². The Bertz CT molecular complexity index is 1260. The van der Waals surface area contributed by atoms with Crippen molar-refractivity contribution in [1.29, 1.82) is 0 Å². The number of amides is 1. The number of aliphatic hydroxyl groups excluding tert-OH is 2. The van der Waals surface area contributed by atoms with Gasteiger partial charge in [0.1, 0.15) is 0 Å². The van der Waals surface area contributed by atoms with Crippen molar-refractivity contribution < 1.29 is 24.5 Å². The molecule has 440 valence electrons. The number of ether oxygens (including phenoxy) is 1. The lowest BCUT2D eigenvalue weighted by Crippen LogP contribution is -2.45. The number of nitrogens with one attached hydrogen (secondary N) is 1. The van der Waals surface area contributed by atoms with Gasteiger partial charge in [0.05, 0.1) is 25.4 Å². The highest BCUT2D eigenvalue weighted by Gasteiger charge is 2.18. The molecule has 0 aromatic rings. The van der Waals surface area contributed by atoms with Crippen molar-refractivity contribution in [1.82, 2.24) is 5.32 Å². The Morgan fingerprint density at radius 1 is 0.373 bits per heavy atom. The average Bonchev–Trinajstić information content (AvgIpc) is 3.41. The van der Waals surface area contributed by atoms with E-state index in [0.717, 1.165) is 57.8 Å². The Morgan fingerprint density at radius 2 is 0.680 bits per heavy atom. The lowest BCUT2D eigenvalue weighted by Gasteiger charge is -2.20. The first-order chi connectivity index (χ1) is 37.0. The molecular formula is C69H129NO5. The predicted octanol–water partition coefficient (Wildman–Crippen LogP) is 21.3. The molecule has 0 saturated carbocycles. The van der Waals surface area contributed by atoms with Crippen LogP contribution in [0.15, 0.2) is 48.6 Å². The van der Waals surface area contributed by atoms with Crippen LogP contribution in [0.4, 0.5) is 0 Å². The van der Waals surface area contributed by atoms with Crippen LogP contribution in [0.25, 0.3) is 0 Å². The Hall–Kier alpha value is -2.18. The van der Waals surface area contributed by atoms with E-state index in [1.807, 2.05) is 6.08 Å². The van der Waals surface area contributed by atoms with Crippen LogP contribution in [0, 0.1) is 0 Å². The number of hydrogen-bond donors (Lipinski definition) is 3. The number of unbranched alkanes of at least 4 members (excludes halogenated alkanes) is 45. The Labute approximate surface area is 467 Å². The number of carbonyl (C=O) groups excluding carboxylic acids is 2. The van der Waals surface area contributed by atoms with Gasteiger partial charge in [0.2, 0.25) is 5.91 Å². The summed E-state index contributed by atoms with van der Waals surface area (Å²) in [4.78, 5) is 24.6. The van der Waals surface area contributed by atoms with Gasteiger partial charge < -0.3 is 20.3 Å². The molecule has 75 heavy (non-hydrogen) atoms. The Morgan fingerprint density at radius 3 is 1.07 bits per heavy atom. The quantitative estimate of drug-likeness (QED) is 0.0320. The number of esters is 1. The third kappa shape index (κ3) is 60.9. The summed E-state index contributed by atoms with van der Waals surface area (Å²) in [5.74, 6) is -0.0778. The normalized spacial score (nSPS) is 12.9. The Balaban J connectivity index is 3.46. The van der Waals surface area contributed by atoms with E-state index >= 15 is 0 Å². The summed E-state index contributed by atoms with van der Waals surface area (Å²) in [6, 6.07) is -0.635. The fourth-order valence-electron chi connectivity index (χ4n) is 10.2. The molecule has 0 rings (SSSR count). The zero-order valence-electron chi connectivity index (χ0n) is 50.3. The lowest BCUT2D eigenvalue weighted by atomic mass is 10.0. The van der Waals surface area contributed by atoms with Crippen molar-refractivity contribution in [3.8, 4) is 0 Å². The van der Waals surface area contributed by atoms with Crippen LogP contribution < -0.4 is 5.32 Å². The van der Waals surface area contributed by atoms with Gasteiger partial charge in [0.15, 0.2) is 0 Å². The Kier molecular flexibility index (Phi) is 62.5. The molecule has 0 spiro atoms. The van der Waals surface area contributed by atoms with Gasteiger partial charge in [0, 0.05) is 12.8 Å². The summed E-state index contributed by atoms with van der Waals surface area (Å²) >= 11 is 0. The molecule has 0 heterocycles. The van der Waals surface area contributed by atoms with E-state index in [0.29, 0.717) is 19.4 Å². The van der Waals surface area contributed by atoms with Gasteiger partial charge in [-0.2, -0.15) is 0 Å². The minimum absolute atomic E-state index is 0.00522. The van der Waals surface area contributed by atoms with Gasteiger partial charge in [-0.1, -0.05) is 306 Å². The van der Waals surface area contributed by atoms with Gasteiger partial charge in [-0.05, 0) is 83.5 Å². The molecule has 0 bridgehead atoms. The van der Waals surface area contributed by atoms with E-state index in [1.165, 1.54) is 270 Å². The van der Waals surface area contributed by atoms with Gasteiger partial charge in [0.25, 0.3) is 0 Å². The highest BCUT2D eigenvalue weighted by Crippen LogP contribution is 2.17. The first-order valence-corrected chi connectivity index (χ1v) is 33.4. The molecule has 0 radical (unpaired) electrons. The lowest BCUT2D eigenvalue weighted by molar-refractivity contribution is -0.143. The summed E-state index contributed by atoms with van der Waals surface area (Å²) in [5.41, 5.74) is 0. The highest BCUT2D eigenvalue weighted by molar-refractivity contribution is 5.76. The monoisotopic (exact) mass is 1050 g/mol. The standard InChI is InChI=1S/C69H129NO5/c1-3-5-7-9-11-13-15-17-19-20-21-22-25-28-31-34-37-41-45-49-53-57-61-67(72)66(65-71)70-68(73)62-58-54-50-46-42-38-35-32-29-26-23-24-27-30-33-36-40-44-48-52-56-60-64-75-69(74)63-59-55-51-47-43-39-18-16-14-12-10-8-6-4-2/h10,12,16,18,26,29,57,61,66-67,71-72H,3-9,11,13-15,17,19-25,27-28,30-56,58-60,62-65H2,1-2H3,(H,70,73)/b12-10-,18-16-,29-26-,61-57+. The molecule has 1 amide bonds. The molecule has 3 N–H and O–H groups in total. The van der Waals surface area contributed by atoms with Crippen LogP contribution in [-0.4, -0.2) is 47.4 Å². The minimum atomic E-state index is -0.851. The maximum atomic E-state index is 12.5. The summed E-state index contributed by atoms with van der Waals surface area (Å²) in [6.45, 7) is 4.87. The van der Waals surface area contributed by atoms with E-state index in [2.05, 4.69) is 55.6 Å². The molecule has 0 fully saturated rings. The fraction of sp³-hybridized carbons (Fsp3) is 0.855. The van der Waals surface area contributed by atoms with E-state index in [1.54, 1.807) is 6.08 Å². The summed E-state index contributed by atoms with van der Waals surface area (Å²) in [5, 5.41) is 23.2. The first kappa shape index (κ1) is 72.8. The molecule has 6 heteroatoms. The van der Waals surface area contributed by atoms with Gasteiger partial charge in [-0.15, -0.1) is 0 Å². The maximum Gasteiger partial charge on any atom is 0.305 e. The first-order valence-electron chi connectivity index (χ1n) is 33.4. The SMILES string of the molecule is CCCC/C=C\C/C=C\CCCCCCCC(=O)OCCCCCCCCCCCCC/C=C\CCCCCCCCCC(=O)NC(CO)C(O)/C=C/CCCCCCCCCCCCCCCCCCCCCC. The number of carbonyl (C=O) groups is 2. The number of aliphatic hydroxyl groups is 2. The van der Waals surface area contributed by atoms with Crippen LogP contribution in [0.5, 0.6) is 0 Å². The number of hydrogen-bond acceptors (Lipinski definition) is 5. The van der Waals surface area contributed by atoms with Gasteiger partial charge in [-0.25, -0.2) is 0 Å². The van der Waals surface area contributed by atoms with Gasteiger partial charge in [-0.3, -0.25) is 9.59 Å². The zero-order chi connectivity index (χ0) is 54.3. The van der Waals surface area contributed by atoms with Crippen LogP contribution in [0.1, 0.15) is 354 Å². The highest BCUT2D eigenvalue weighted by atomic mass is 16.5. The molecule has 0 aliphatic heterocycles. The van der Waals surface area contributed by atoms with Crippen molar-refractivity contribution >= 4 is 11.9 Å². The molecule has 0 aromatic heterocycles. The third-order valence-corrected chi connectivity index (χ3v) is 15.3. The smallest absolute Gasteiger partial charge is 0.305 e. The second-order valence-corrected chi connectivity index (χ2v) is 22.8. The minimum Gasteiger partial charge on any atom is -0.466 e. The average molecular weight is 1050 g/mol. The zero-order valence-corrected chi connectivity index (χ0v) is 50.3. The van der Waals surface area contributed by atoms with E-state index in [4.69, 9.17) is 4.74 Å². The molecule has 0 aromatic carbocycles. The molecule has 2 atom stereocenters. The van der Waals surface area contributed by atoms with E-state index in [9.17, 15) is 19.8 Å². The van der Waals surface area contributed by atoms with E-state index < -0.39 is 12.1 Å². The third-order valence-electron chi connectivity index (χ3n) is 15.3. The molecule has 0 saturated heterocycles. The molecular weight excluding hydrogens is 923 g/mol. The molecule has 6 nitrogen and oxygen atoms in total. The van der Waals surface area contributed by atoms with Crippen LogP contribution in [0.3, 0.4) is 0 Å². The second kappa shape index (κ2) is 64.3. The number of allylic oxidation sites excluding steroid dienone is 7. The molecule has 2 unspecified atom stereocenters. The largest absolute Gasteiger partial charge is 0.466 e. The molecule has 0 aliphatic rings. The van der Waals surface area contributed by atoms with Crippen molar-refractivity contribution in [3.05, 3.63) is 48.6 Å². The van der Waals surface area contributed by atoms with Crippen molar-refractivity contribution in [2.45, 2.75) is 366 Å². The van der Waals surface area contributed by atoms with Gasteiger partial charge >= 0.3 is 5.97 Å². The van der Waals surface area contributed by atoms with Crippen molar-refractivity contribution in [3.63, 3.8) is 0 Å².